The molecule has 3 amide bonds. The zero-order chi connectivity index (χ0) is 26.1. The number of hydrogen-bond acceptors (Lipinski definition) is 7. The molecule has 11 nitrogen and oxygen atoms in total. The molecule has 3 aromatic heterocycles. The number of pyridine rings is 1. The summed E-state index contributed by atoms with van der Waals surface area (Å²) in [6.07, 6.45) is 5.71. The SMILES string of the molecule is Cc1cnc(-c2cnc(C(N)=O)cn2)c2[nH]cc(C(=O)C(=O)N3CCN(C(=O)c4ccccc4)CC3)c12. The Bertz CT molecular complexity index is 1520. The number of ketones is 1. The van der Waals surface area contributed by atoms with Crippen LogP contribution < -0.4 is 5.73 Å². The van der Waals surface area contributed by atoms with Crippen LogP contribution in [0.2, 0.25) is 0 Å². The number of aromatic amines is 1. The van der Waals surface area contributed by atoms with Crippen molar-refractivity contribution >= 4 is 34.4 Å². The molecule has 5 rings (SSSR count). The van der Waals surface area contributed by atoms with Gasteiger partial charge in [0.05, 0.1) is 23.5 Å². The molecule has 4 heterocycles. The maximum absolute atomic E-state index is 13.3. The Kier molecular flexibility index (Phi) is 6.18. The highest BCUT2D eigenvalue weighted by atomic mass is 16.2. The normalized spacial score (nSPS) is 13.5. The molecule has 3 N–H and O–H groups in total. The number of nitrogens with two attached hydrogens (primary N) is 1. The first-order valence-corrected chi connectivity index (χ1v) is 11.6. The number of nitrogens with one attached hydrogen (secondary N) is 1. The lowest BCUT2D eigenvalue weighted by atomic mass is 10.0. The number of carbonyl (C=O) groups excluding carboxylic acids is 4. The van der Waals surface area contributed by atoms with E-state index in [2.05, 4.69) is 19.9 Å². The van der Waals surface area contributed by atoms with Crippen molar-refractivity contribution in [2.24, 2.45) is 5.73 Å². The highest BCUT2D eigenvalue weighted by Crippen LogP contribution is 2.29. The number of fused-ring (bicyclic) bond motifs is 1. The molecule has 1 aliphatic rings. The summed E-state index contributed by atoms with van der Waals surface area (Å²) >= 11 is 0. The van der Waals surface area contributed by atoms with E-state index in [0.717, 1.165) is 0 Å². The molecule has 1 aliphatic heterocycles. The summed E-state index contributed by atoms with van der Waals surface area (Å²) in [6, 6.07) is 8.96. The van der Waals surface area contributed by atoms with Crippen LogP contribution in [-0.2, 0) is 4.79 Å². The number of rotatable bonds is 5. The highest BCUT2D eigenvalue weighted by Gasteiger charge is 2.31. The van der Waals surface area contributed by atoms with Crippen molar-refractivity contribution in [3.8, 4) is 11.4 Å². The van der Waals surface area contributed by atoms with Gasteiger partial charge in [0.25, 0.3) is 23.5 Å². The van der Waals surface area contributed by atoms with Gasteiger partial charge in [-0.2, -0.15) is 0 Å². The molecule has 0 unspecified atom stereocenters. The monoisotopic (exact) mass is 497 g/mol. The van der Waals surface area contributed by atoms with E-state index >= 15 is 0 Å². The maximum Gasteiger partial charge on any atom is 0.295 e. The van der Waals surface area contributed by atoms with Crippen molar-refractivity contribution in [1.29, 1.82) is 0 Å². The second kappa shape index (κ2) is 9.61. The van der Waals surface area contributed by atoms with Gasteiger partial charge in [-0.05, 0) is 24.6 Å². The minimum absolute atomic E-state index is 0.0191. The number of aromatic nitrogens is 4. The van der Waals surface area contributed by atoms with Gasteiger partial charge in [0.2, 0.25) is 0 Å². The number of H-pyrrole nitrogens is 1. The summed E-state index contributed by atoms with van der Waals surface area (Å²) in [6.45, 7) is 3.00. The first kappa shape index (κ1) is 23.8. The van der Waals surface area contributed by atoms with Crippen LogP contribution in [0.1, 0.15) is 36.8 Å². The Balaban J connectivity index is 1.35. The van der Waals surface area contributed by atoms with Gasteiger partial charge in [-0.15, -0.1) is 0 Å². The minimum atomic E-state index is -0.697. The van der Waals surface area contributed by atoms with Crippen molar-refractivity contribution < 1.29 is 19.2 Å². The molecule has 0 atom stereocenters. The molecule has 0 saturated carbocycles. The summed E-state index contributed by atoms with van der Waals surface area (Å²) in [4.78, 5) is 69.3. The molecule has 4 aromatic rings. The van der Waals surface area contributed by atoms with Crippen LogP contribution in [0.25, 0.3) is 22.3 Å². The average Bonchev–Trinajstić information content (AvgIpc) is 3.39. The fraction of sp³-hybridized carbons (Fsp3) is 0.192. The number of primary amides is 1. The van der Waals surface area contributed by atoms with Crippen molar-refractivity contribution in [2.75, 3.05) is 26.2 Å². The van der Waals surface area contributed by atoms with Crippen LogP contribution in [0.15, 0.2) is 55.1 Å². The second-order valence-corrected chi connectivity index (χ2v) is 8.67. The molecule has 11 heteroatoms. The molecule has 1 saturated heterocycles. The van der Waals surface area contributed by atoms with Crippen LogP contribution in [0, 0.1) is 6.92 Å². The molecular formula is C26H23N7O4. The topological polar surface area (TPSA) is 155 Å². The predicted molar refractivity (Wildman–Crippen MR) is 134 cm³/mol. The summed E-state index contributed by atoms with van der Waals surface area (Å²) in [5, 5.41) is 0.557. The first-order valence-electron chi connectivity index (χ1n) is 11.6. The summed E-state index contributed by atoms with van der Waals surface area (Å²) < 4.78 is 0. The van der Waals surface area contributed by atoms with E-state index in [9.17, 15) is 19.2 Å². The largest absolute Gasteiger partial charge is 0.364 e. The number of aryl methyl sites for hydroxylation is 1. The quantitative estimate of drug-likeness (QED) is 0.313. The number of hydrogen-bond donors (Lipinski definition) is 2. The first-order chi connectivity index (χ1) is 17.8. The molecule has 0 spiro atoms. The molecular weight excluding hydrogens is 474 g/mol. The van der Waals surface area contributed by atoms with Crippen molar-refractivity contribution in [3.63, 3.8) is 0 Å². The Morgan fingerprint density at radius 2 is 1.59 bits per heavy atom. The summed E-state index contributed by atoms with van der Waals surface area (Å²) in [7, 11) is 0. The molecule has 0 aliphatic carbocycles. The molecule has 1 aromatic carbocycles. The third-order valence-electron chi connectivity index (χ3n) is 6.36. The van der Waals surface area contributed by atoms with Crippen molar-refractivity contribution in [2.45, 2.75) is 6.92 Å². The Morgan fingerprint density at radius 1 is 0.892 bits per heavy atom. The molecule has 0 radical (unpaired) electrons. The third kappa shape index (κ3) is 4.42. The van der Waals surface area contributed by atoms with Crippen LogP contribution in [0.5, 0.6) is 0 Å². The van der Waals surface area contributed by atoms with E-state index in [1.54, 1.807) is 42.3 Å². The molecule has 37 heavy (non-hydrogen) atoms. The fourth-order valence-corrected chi connectivity index (χ4v) is 4.40. The average molecular weight is 498 g/mol. The number of nitrogens with zero attached hydrogens (tertiary/aromatic N) is 5. The van der Waals surface area contributed by atoms with E-state index in [1.807, 2.05) is 6.07 Å². The van der Waals surface area contributed by atoms with Gasteiger partial charge in [0.15, 0.2) is 0 Å². The summed E-state index contributed by atoms with van der Waals surface area (Å²) in [5.74, 6) is -2.07. The fourth-order valence-electron chi connectivity index (χ4n) is 4.40. The van der Waals surface area contributed by atoms with Gasteiger partial charge in [-0.3, -0.25) is 29.1 Å². The van der Waals surface area contributed by atoms with Crippen molar-refractivity contribution in [3.05, 3.63) is 77.5 Å². The van der Waals surface area contributed by atoms with E-state index in [4.69, 9.17) is 5.73 Å². The van der Waals surface area contributed by atoms with Crippen LogP contribution in [0.4, 0.5) is 0 Å². The predicted octanol–water partition coefficient (Wildman–Crippen LogP) is 1.59. The molecule has 0 bridgehead atoms. The van der Waals surface area contributed by atoms with Gasteiger partial charge in [0, 0.05) is 49.5 Å². The lowest BCUT2D eigenvalue weighted by Gasteiger charge is -2.34. The van der Waals surface area contributed by atoms with E-state index in [1.165, 1.54) is 23.5 Å². The number of carbonyl (C=O) groups is 4. The molecule has 1 fully saturated rings. The van der Waals surface area contributed by atoms with E-state index < -0.39 is 17.6 Å². The van der Waals surface area contributed by atoms with Crippen LogP contribution in [0.3, 0.4) is 0 Å². The van der Waals surface area contributed by atoms with Gasteiger partial charge >= 0.3 is 0 Å². The van der Waals surface area contributed by atoms with Gasteiger partial charge < -0.3 is 20.5 Å². The highest BCUT2D eigenvalue weighted by molar-refractivity contribution is 6.45. The number of piperazine rings is 1. The van der Waals surface area contributed by atoms with E-state index in [0.29, 0.717) is 46.5 Å². The lowest BCUT2D eigenvalue weighted by molar-refractivity contribution is -0.127. The Morgan fingerprint density at radius 3 is 2.24 bits per heavy atom. The smallest absolute Gasteiger partial charge is 0.295 e. The lowest BCUT2D eigenvalue weighted by Crippen LogP contribution is -2.52. The summed E-state index contributed by atoms with van der Waals surface area (Å²) in [5.41, 5.74) is 8.09. The zero-order valence-corrected chi connectivity index (χ0v) is 20.0. The van der Waals surface area contributed by atoms with Gasteiger partial charge in [-0.25, -0.2) is 4.98 Å². The van der Waals surface area contributed by atoms with E-state index in [-0.39, 0.29) is 30.3 Å². The standard InChI is InChI=1S/C26H23N7O4/c1-15-11-30-21(18-13-29-19(14-28-18)24(27)35)22-20(15)17(12-31-22)23(34)26(37)33-9-7-32(8-10-33)25(36)16-5-3-2-4-6-16/h2-6,11-14,31H,7-10H2,1H3,(H2,27,35). The molecule has 186 valence electrons. The zero-order valence-electron chi connectivity index (χ0n) is 20.0. The second-order valence-electron chi connectivity index (χ2n) is 8.67. The van der Waals surface area contributed by atoms with Gasteiger partial charge in [0.1, 0.15) is 17.1 Å². The number of amides is 3. The minimum Gasteiger partial charge on any atom is -0.364 e. The van der Waals surface area contributed by atoms with Gasteiger partial charge in [-0.1, -0.05) is 18.2 Å². The van der Waals surface area contributed by atoms with Crippen molar-refractivity contribution in [1.82, 2.24) is 29.7 Å². The third-order valence-corrected chi connectivity index (χ3v) is 6.36. The number of Topliss-reactive ketones (excluding diaryl/α,β-unsaturated/α-hetero) is 1. The Labute approximate surface area is 211 Å². The van der Waals surface area contributed by atoms with Crippen LogP contribution in [-0.4, -0.2) is 79.4 Å². The van der Waals surface area contributed by atoms with Crippen LogP contribution >= 0.6 is 0 Å². The Hall–Kier alpha value is -4.93. The number of benzene rings is 1. The maximum atomic E-state index is 13.3.